The van der Waals surface area contributed by atoms with Gasteiger partial charge in [-0.25, -0.2) is 0 Å². The van der Waals surface area contributed by atoms with Crippen molar-refractivity contribution in [2.75, 3.05) is 6.73 Å². The molecular weight excluding hydrogens is 190 g/mol. The molecule has 0 aliphatic carbocycles. The molecule has 1 unspecified atom stereocenters. The lowest BCUT2D eigenvalue weighted by Crippen LogP contribution is -2.40. The number of aliphatic hydroxyl groups excluding tert-OH is 1. The molecule has 0 aromatic carbocycles. The van der Waals surface area contributed by atoms with E-state index in [0.29, 0.717) is 5.92 Å². The van der Waals surface area contributed by atoms with Crippen molar-refractivity contribution in [3.05, 3.63) is 0 Å². The van der Waals surface area contributed by atoms with Gasteiger partial charge in [0.1, 0.15) is 6.73 Å². The van der Waals surface area contributed by atoms with E-state index >= 15 is 0 Å². The molecule has 3 nitrogen and oxygen atoms in total. The number of nitrogens with one attached hydrogen (secondary N) is 1. The summed E-state index contributed by atoms with van der Waals surface area (Å²) < 4.78 is 0. The van der Waals surface area contributed by atoms with Crippen molar-refractivity contribution in [1.82, 2.24) is 5.32 Å². The molecule has 90 valence electrons. The molecule has 0 radical (unpaired) electrons. The van der Waals surface area contributed by atoms with Gasteiger partial charge in [0.2, 0.25) is 5.91 Å². The Morgan fingerprint density at radius 2 is 1.93 bits per heavy atom. The molecule has 3 heteroatoms. The number of hydrogen-bond acceptors (Lipinski definition) is 2. The number of aliphatic hydroxyl groups is 1. The smallest absolute Gasteiger partial charge is 0.225 e. The summed E-state index contributed by atoms with van der Waals surface area (Å²) in [6, 6.07) is 0. The highest BCUT2D eigenvalue weighted by atomic mass is 16.3. The van der Waals surface area contributed by atoms with E-state index in [1.165, 1.54) is 0 Å². The summed E-state index contributed by atoms with van der Waals surface area (Å²) in [4.78, 5) is 11.8. The summed E-state index contributed by atoms with van der Waals surface area (Å²) in [5.41, 5.74) is -0.0104. The zero-order chi connectivity index (χ0) is 12.1. The first-order valence-electron chi connectivity index (χ1n) is 5.73. The van der Waals surface area contributed by atoms with Gasteiger partial charge in [-0.2, -0.15) is 0 Å². The Labute approximate surface area is 93.3 Å². The lowest BCUT2D eigenvalue weighted by Gasteiger charge is -2.33. The van der Waals surface area contributed by atoms with E-state index in [9.17, 15) is 4.79 Å². The highest BCUT2D eigenvalue weighted by Crippen LogP contribution is 2.34. The molecule has 0 aliphatic heterocycles. The number of amides is 1. The van der Waals surface area contributed by atoms with Crippen LogP contribution in [0.3, 0.4) is 0 Å². The predicted molar refractivity (Wildman–Crippen MR) is 62.2 cm³/mol. The second-order valence-corrected chi connectivity index (χ2v) is 5.22. The molecule has 0 saturated heterocycles. The second-order valence-electron chi connectivity index (χ2n) is 5.22. The van der Waals surface area contributed by atoms with E-state index in [1.807, 2.05) is 0 Å². The lowest BCUT2D eigenvalue weighted by molar-refractivity contribution is -0.130. The molecule has 0 saturated carbocycles. The van der Waals surface area contributed by atoms with E-state index in [2.05, 4.69) is 39.9 Å². The summed E-state index contributed by atoms with van der Waals surface area (Å²) in [5.74, 6) is 0.443. The normalized spacial score (nSPS) is 14.1. The Kier molecular flexibility index (Phi) is 5.88. The molecular formula is C12H25NO2. The van der Waals surface area contributed by atoms with Crippen LogP contribution in [0.2, 0.25) is 0 Å². The van der Waals surface area contributed by atoms with E-state index in [0.717, 1.165) is 12.8 Å². The molecule has 2 N–H and O–H groups in total. The Hall–Kier alpha value is -0.570. The van der Waals surface area contributed by atoms with Crippen LogP contribution >= 0.6 is 0 Å². The van der Waals surface area contributed by atoms with E-state index in [1.54, 1.807) is 0 Å². The topological polar surface area (TPSA) is 49.3 Å². The molecule has 15 heavy (non-hydrogen) atoms. The number of carbonyl (C=O) groups excluding carboxylic acids is 1. The maximum Gasteiger partial charge on any atom is 0.225 e. The van der Waals surface area contributed by atoms with Gasteiger partial charge in [-0.15, -0.1) is 0 Å². The predicted octanol–water partition coefficient (Wildman–Crippen LogP) is 2.15. The minimum atomic E-state index is -0.271. The van der Waals surface area contributed by atoms with Gasteiger partial charge in [-0.1, -0.05) is 41.0 Å². The van der Waals surface area contributed by atoms with Crippen molar-refractivity contribution >= 4 is 5.91 Å². The second kappa shape index (κ2) is 6.11. The fourth-order valence-corrected chi connectivity index (χ4v) is 1.70. The van der Waals surface area contributed by atoms with Crippen LogP contribution in [0.15, 0.2) is 0 Å². The van der Waals surface area contributed by atoms with Crippen molar-refractivity contribution in [2.45, 2.75) is 47.5 Å². The lowest BCUT2D eigenvalue weighted by atomic mass is 9.72. The van der Waals surface area contributed by atoms with Gasteiger partial charge in [0.25, 0.3) is 0 Å². The van der Waals surface area contributed by atoms with E-state index in [-0.39, 0.29) is 24.0 Å². The van der Waals surface area contributed by atoms with Gasteiger partial charge in [-0.3, -0.25) is 4.79 Å². The molecule has 0 spiro atoms. The molecule has 0 rings (SSSR count). The summed E-state index contributed by atoms with van der Waals surface area (Å²) >= 11 is 0. The van der Waals surface area contributed by atoms with Gasteiger partial charge in [-0.05, 0) is 17.8 Å². The van der Waals surface area contributed by atoms with Crippen molar-refractivity contribution in [3.8, 4) is 0 Å². The van der Waals surface area contributed by atoms with Crippen LogP contribution in [-0.2, 0) is 4.79 Å². The minimum absolute atomic E-state index is 0.0104. The summed E-state index contributed by atoms with van der Waals surface area (Å²) in [7, 11) is 0. The van der Waals surface area contributed by atoms with Crippen molar-refractivity contribution in [2.24, 2.45) is 17.3 Å². The van der Waals surface area contributed by atoms with Gasteiger partial charge in [0.15, 0.2) is 0 Å². The SMILES string of the molecule is CCC(C)(C)C(CC(C)C)C(=O)NCO. The maximum atomic E-state index is 11.8. The van der Waals surface area contributed by atoms with Gasteiger partial charge < -0.3 is 10.4 Å². The Morgan fingerprint density at radius 1 is 1.40 bits per heavy atom. The summed E-state index contributed by atoms with van der Waals surface area (Å²) in [6.07, 6.45) is 1.83. The van der Waals surface area contributed by atoms with E-state index in [4.69, 9.17) is 5.11 Å². The largest absolute Gasteiger partial charge is 0.377 e. The summed E-state index contributed by atoms with van der Waals surface area (Å²) in [5, 5.41) is 11.2. The van der Waals surface area contributed by atoms with Crippen LogP contribution in [0.25, 0.3) is 0 Å². The van der Waals surface area contributed by atoms with Crippen LogP contribution < -0.4 is 5.32 Å². The monoisotopic (exact) mass is 215 g/mol. The third-order valence-corrected chi connectivity index (χ3v) is 3.13. The zero-order valence-corrected chi connectivity index (χ0v) is 10.6. The highest BCUT2D eigenvalue weighted by molar-refractivity contribution is 5.79. The molecule has 0 heterocycles. The van der Waals surface area contributed by atoms with Crippen LogP contribution in [-0.4, -0.2) is 17.7 Å². The summed E-state index contributed by atoms with van der Waals surface area (Å²) in [6.45, 7) is 10.3. The Bertz CT molecular complexity index is 200. The van der Waals surface area contributed by atoms with Crippen molar-refractivity contribution < 1.29 is 9.90 Å². The number of carbonyl (C=O) groups is 1. The molecule has 0 bridgehead atoms. The number of rotatable bonds is 6. The maximum absolute atomic E-state index is 11.8. The minimum Gasteiger partial charge on any atom is -0.377 e. The Balaban J connectivity index is 4.64. The van der Waals surface area contributed by atoms with Crippen molar-refractivity contribution in [1.29, 1.82) is 0 Å². The zero-order valence-electron chi connectivity index (χ0n) is 10.6. The Morgan fingerprint density at radius 3 is 2.27 bits per heavy atom. The van der Waals surface area contributed by atoms with Crippen LogP contribution in [0.4, 0.5) is 0 Å². The van der Waals surface area contributed by atoms with E-state index < -0.39 is 0 Å². The molecule has 0 aromatic rings. The average molecular weight is 215 g/mol. The molecule has 0 aromatic heterocycles. The third-order valence-electron chi connectivity index (χ3n) is 3.13. The fraction of sp³-hybridized carbons (Fsp3) is 0.917. The highest BCUT2D eigenvalue weighted by Gasteiger charge is 2.33. The van der Waals surface area contributed by atoms with Crippen LogP contribution in [0.5, 0.6) is 0 Å². The molecule has 0 fully saturated rings. The molecule has 1 amide bonds. The molecule has 0 aliphatic rings. The third kappa shape index (κ3) is 4.65. The van der Waals surface area contributed by atoms with Crippen LogP contribution in [0.1, 0.15) is 47.5 Å². The van der Waals surface area contributed by atoms with Crippen molar-refractivity contribution in [3.63, 3.8) is 0 Å². The average Bonchev–Trinajstić information content (AvgIpc) is 2.14. The van der Waals surface area contributed by atoms with Gasteiger partial charge >= 0.3 is 0 Å². The first kappa shape index (κ1) is 14.4. The fourth-order valence-electron chi connectivity index (χ4n) is 1.70. The first-order chi connectivity index (χ1) is 6.85. The molecule has 1 atom stereocenters. The standard InChI is InChI=1S/C12H25NO2/c1-6-12(4,5)10(7-9(2)3)11(15)13-8-14/h9-10,14H,6-8H2,1-5H3,(H,13,15). The van der Waals surface area contributed by atoms with Gasteiger partial charge in [0.05, 0.1) is 0 Å². The number of hydrogen-bond donors (Lipinski definition) is 2. The first-order valence-corrected chi connectivity index (χ1v) is 5.73. The van der Waals surface area contributed by atoms with Crippen LogP contribution in [0, 0.1) is 17.3 Å². The quantitative estimate of drug-likeness (QED) is 0.667. The van der Waals surface area contributed by atoms with Gasteiger partial charge in [0, 0.05) is 5.92 Å².